The molecule has 1 heterocycles. The van der Waals surface area contributed by atoms with Crippen LogP contribution >= 0.6 is 11.6 Å². The molecule has 206 valence electrons. The Morgan fingerprint density at radius 2 is 1.52 bits per heavy atom. The Bertz CT molecular complexity index is 1440. The topological polar surface area (TPSA) is 94.1 Å². The molecular weight excluding hydrogens is 529 g/mol. The van der Waals surface area contributed by atoms with Crippen molar-refractivity contribution >= 4 is 36.9 Å². The number of halogens is 1. The molecule has 40 heavy (non-hydrogen) atoms. The minimum absolute atomic E-state index is 0.00220. The van der Waals surface area contributed by atoms with Crippen molar-refractivity contribution in [1.29, 1.82) is 0 Å². The third-order valence-electron chi connectivity index (χ3n) is 7.95. The number of hydrogen-bond donors (Lipinski definition) is 2. The van der Waals surface area contributed by atoms with Crippen molar-refractivity contribution in [3.05, 3.63) is 99.5 Å². The highest BCUT2D eigenvalue weighted by Crippen LogP contribution is 2.44. The second-order valence-electron chi connectivity index (χ2n) is 11.0. The summed E-state index contributed by atoms with van der Waals surface area (Å²) >= 11 is 6.40. The van der Waals surface area contributed by atoms with E-state index in [9.17, 15) is 14.7 Å². The normalized spacial score (nSPS) is 17.3. The predicted molar refractivity (Wildman–Crippen MR) is 156 cm³/mol. The van der Waals surface area contributed by atoms with Crippen molar-refractivity contribution in [3.8, 4) is 11.1 Å². The van der Waals surface area contributed by atoms with Crippen molar-refractivity contribution in [2.24, 2.45) is 0 Å². The van der Waals surface area contributed by atoms with Gasteiger partial charge in [0, 0.05) is 23.0 Å². The van der Waals surface area contributed by atoms with E-state index < -0.39 is 30.4 Å². The highest BCUT2D eigenvalue weighted by Gasteiger charge is 2.52. The number of fused-ring (bicyclic) bond motifs is 3. The zero-order valence-corrected chi connectivity index (χ0v) is 23.6. The van der Waals surface area contributed by atoms with Crippen LogP contribution in [0.1, 0.15) is 60.7 Å². The Morgan fingerprint density at radius 3 is 2.10 bits per heavy atom. The summed E-state index contributed by atoms with van der Waals surface area (Å²) in [4.78, 5) is 24.8. The van der Waals surface area contributed by atoms with Crippen LogP contribution < -0.4 is 5.32 Å². The maximum absolute atomic E-state index is 12.9. The monoisotopic (exact) mass is 559 g/mol. The summed E-state index contributed by atoms with van der Waals surface area (Å²) in [7, 11) is -0.836. The molecule has 1 aliphatic heterocycles. The molecule has 2 aliphatic rings. The zero-order chi connectivity index (χ0) is 28.7. The van der Waals surface area contributed by atoms with Crippen molar-refractivity contribution in [2.75, 3.05) is 13.2 Å². The molecule has 0 saturated carbocycles. The van der Waals surface area contributed by atoms with E-state index in [2.05, 4.69) is 29.6 Å². The number of aromatic carboxylic acids is 1. The van der Waals surface area contributed by atoms with Gasteiger partial charge in [0.15, 0.2) is 0 Å². The van der Waals surface area contributed by atoms with E-state index in [1.54, 1.807) is 18.2 Å². The Morgan fingerprint density at radius 1 is 0.950 bits per heavy atom. The Balaban J connectivity index is 1.35. The quantitative estimate of drug-likeness (QED) is 0.317. The number of hydrogen-bond acceptors (Lipinski definition) is 5. The Kier molecular flexibility index (Phi) is 7.53. The number of alkyl carbamates (subject to hydrolysis) is 1. The van der Waals surface area contributed by atoms with Crippen LogP contribution in [0.3, 0.4) is 0 Å². The number of carbonyl (C=O) groups excluding carboxylic acids is 1. The zero-order valence-electron chi connectivity index (χ0n) is 22.9. The molecule has 9 heteroatoms. The van der Waals surface area contributed by atoms with E-state index in [1.807, 2.05) is 52.0 Å². The van der Waals surface area contributed by atoms with Gasteiger partial charge >= 0.3 is 19.2 Å². The summed E-state index contributed by atoms with van der Waals surface area (Å²) in [6.45, 7) is 7.84. The summed E-state index contributed by atoms with van der Waals surface area (Å²) in [6, 6.07) is 20.9. The number of benzene rings is 3. The molecule has 0 atom stereocenters. The minimum Gasteiger partial charge on any atom is -0.478 e. The second kappa shape index (κ2) is 10.8. The summed E-state index contributed by atoms with van der Waals surface area (Å²) in [5.74, 6) is -1.19. The fourth-order valence-electron chi connectivity index (χ4n) is 5.08. The molecule has 0 spiro atoms. The fourth-order valence-corrected chi connectivity index (χ4v) is 5.31. The molecule has 1 aliphatic carbocycles. The third-order valence-corrected chi connectivity index (χ3v) is 8.28. The van der Waals surface area contributed by atoms with Gasteiger partial charge in [0.1, 0.15) is 6.61 Å². The summed E-state index contributed by atoms with van der Waals surface area (Å²) in [5.41, 5.74) is 4.08. The first-order valence-corrected chi connectivity index (χ1v) is 13.5. The molecule has 5 rings (SSSR count). The van der Waals surface area contributed by atoms with E-state index in [4.69, 9.17) is 25.6 Å². The first kappa shape index (κ1) is 28.0. The van der Waals surface area contributed by atoms with E-state index in [0.29, 0.717) is 11.0 Å². The van der Waals surface area contributed by atoms with Gasteiger partial charge in [-0.2, -0.15) is 0 Å². The minimum atomic E-state index is -1.12. The number of ether oxygens (including phenoxy) is 1. The highest BCUT2D eigenvalue weighted by molar-refractivity contribution is 6.56. The molecule has 0 radical (unpaired) electrons. The summed E-state index contributed by atoms with van der Waals surface area (Å²) in [5, 5.41) is 12.8. The Labute approximate surface area is 239 Å². The summed E-state index contributed by atoms with van der Waals surface area (Å²) in [6.07, 6.45) is 0.999. The van der Waals surface area contributed by atoms with Gasteiger partial charge in [0.05, 0.1) is 16.8 Å². The molecule has 1 saturated heterocycles. The van der Waals surface area contributed by atoms with Gasteiger partial charge in [-0.15, -0.1) is 0 Å². The van der Waals surface area contributed by atoms with Gasteiger partial charge in [-0.1, -0.05) is 72.3 Å². The number of rotatable bonds is 7. The van der Waals surface area contributed by atoms with Crippen molar-refractivity contribution in [1.82, 2.24) is 5.32 Å². The SMILES string of the molecule is CC1(C)OB(C(=Cc2c(Cl)cccc2C(=O)O)CNC(=O)OCC2c3ccccc3-c3ccccc32)OC1(C)C. The first-order valence-electron chi connectivity index (χ1n) is 13.2. The molecule has 7 nitrogen and oxygen atoms in total. The first-order chi connectivity index (χ1) is 19.0. The molecule has 1 fully saturated rings. The van der Waals surface area contributed by atoms with Gasteiger partial charge in [0.25, 0.3) is 0 Å². The molecule has 3 aromatic carbocycles. The van der Waals surface area contributed by atoms with Gasteiger partial charge < -0.3 is 24.5 Å². The number of nitrogens with one attached hydrogen (secondary N) is 1. The highest BCUT2D eigenvalue weighted by atomic mass is 35.5. The van der Waals surface area contributed by atoms with Gasteiger partial charge in [-0.05, 0) is 67.6 Å². The standard InChI is InChI=1S/C31H31BClNO6/c1-30(2)31(3,4)40-32(39-30)19(16-25-24(28(35)36)14-9-15-27(25)33)17-34-29(37)38-18-26-22-12-7-5-10-20(22)21-11-6-8-13-23(21)26/h5-16,26H,17-18H2,1-4H3,(H,34,37)(H,35,36). The van der Waals surface area contributed by atoms with Crippen molar-refractivity contribution in [3.63, 3.8) is 0 Å². The molecule has 0 bridgehead atoms. The maximum atomic E-state index is 12.9. The molecule has 0 aromatic heterocycles. The fraction of sp³-hybridized carbons (Fsp3) is 0.290. The molecule has 3 aromatic rings. The van der Waals surface area contributed by atoms with Crippen LogP contribution in [0, 0.1) is 0 Å². The molecule has 0 unspecified atom stereocenters. The van der Waals surface area contributed by atoms with E-state index >= 15 is 0 Å². The Hall–Kier alpha value is -3.59. The lowest BCUT2D eigenvalue weighted by molar-refractivity contribution is 0.00578. The average Bonchev–Trinajstić information content (AvgIpc) is 3.34. The second-order valence-corrected chi connectivity index (χ2v) is 11.4. The number of carboxylic acid groups (broad SMARTS) is 1. The third kappa shape index (κ3) is 5.27. The van der Waals surface area contributed by atoms with Gasteiger partial charge in [-0.3, -0.25) is 0 Å². The number of amides is 1. The van der Waals surface area contributed by atoms with Crippen LogP contribution in [0.2, 0.25) is 5.02 Å². The smallest absolute Gasteiger partial charge is 0.478 e. The van der Waals surface area contributed by atoms with Crippen LogP contribution in [0.15, 0.2) is 72.2 Å². The van der Waals surface area contributed by atoms with E-state index in [0.717, 1.165) is 22.3 Å². The van der Waals surface area contributed by atoms with Crippen LogP contribution in [-0.2, 0) is 14.0 Å². The van der Waals surface area contributed by atoms with E-state index in [-0.39, 0.29) is 29.7 Å². The number of carbonyl (C=O) groups is 2. The lowest BCUT2D eigenvalue weighted by Gasteiger charge is -2.32. The largest absolute Gasteiger partial charge is 0.492 e. The maximum Gasteiger partial charge on any atom is 0.492 e. The van der Waals surface area contributed by atoms with Crippen LogP contribution in [-0.4, -0.2) is 48.6 Å². The van der Waals surface area contributed by atoms with Gasteiger partial charge in [0.2, 0.25) is 0 Å². The van der Waals surface area contributed by atoms with Crippen LogP contribution in [0.25, 0.3) is 17.2 Å². The van der Waals surface area contributed by atoms with Crippen LogP contribution in [0.5, 0.6) is 0 Å². The lowest BCUT2D eigenvalue weighted by atomic mass is 9.76. The van der Waals surface area contributed by atoms with Crippen molar-refractivity contribution in [2.45, 2.75) is 44.8 Å². The van der Waals surface area contributed by atoms with Crippen LogP contribution in [0.4, 0.5) is 4.79 Å². The lowest BCUT2D eigenvalue weighted by Crippen LogP contribution is -2.41. The van der Waals surface area contributed by atoms with Gasteiger partial charge in [-0.25, -0.2) is 9.59 Å². The van der Waals surface area contributed by atoms with E-state index in [1.165, 1.54) is 6.07 Å². The summed E-state index contributed by atoms with van der Waals surface area (Å²) < 4.78 is 18.1. The molecule has 2 N–H and O–H groups in total. The average molecular weight is 560 g/mol. The molecule has 1 amide bonds. The number of carboxylic acids is 1. The van der Waals surface area contributed by atoms with Crippen molar-refractivity contribution < 1.29 is 28.7 Å². The molecular formula is C31H31BClNO6. The predicted octanol–water partition coefficient (Wildman–Crippen LogP) is 6.59.